The number of likely N-dealkylation sites (tertiary alicyclic amines) is 1. The minimum absolute atomic E-state index is 0.0882. The Hall–Kier alpha value is -1.62. The normalized spacial score (nSPS) is 20.2. The largest absolute Gasteiger partial charge is 0.352 e. The van der Waals surface area contributed by atoms with Gasteiger partial charge in [0.1, 0.15) is 0 Å². The van der Waals surface area contributed by atoms with Gasteiger partial charge in [-0.3, -0.25) is 14.5 Å². The van der Waals surface area contributed by atoms with Crippen LogP contribution in [0, 0.1) is 13.8 Å². The van der Waals surface area contributed by atoms with E-state index >= 15 is 0 Å². The highest BCUT2D eigenvalue weighted by Gasteiger charge is 2.31. The summed E-state index contributed by atoms with van der Waals surface area (Å²) < 4.78 is 2.13. The molecule has 0 aromatic carbocycles. The number of nitrogens with zero attached hydrogens (tertiary/aromatic N) is 2. The zero-order valence-corrected chi connectivity index (χ0v) is 12.0. The molecular formula is C14H21N3O2. The average molecular weight is 263 g/mol. The van der Waals surface area contributed by atoms with Crippen LogP contribution in [0.15, 0.2) is 6.07 Å². The summed E-state index contributed by atoms with van der Waals surface area (Å²) in [5.74, 6) is -0.212. The van der Waals surface area contributed by atoms with Crippen LogP contribution in [-0.4, -0.2) is 34.4 Å². The fraction of sp³-hybridized carbons (Fsp3) is 0.571. The van der Waals surface area contributed by atoms with Crippen molar-refractivity contribution in [3.63, 3.8) is 0 Å². The number of aromatic nitrogens is 1. The van der Waals surface area contributed by atoms with Crippen molar-refractivity contribution in [1.82, 2.24) is 14.8 Å². The zero-order chi connectivity index (χ0) is 14.2. The Morgan fingerprint density at radius 1 is 1.32 bits per heavy atom. The van der Waals surface area contributed by atoms with Crippen molar-refractivity contribution < 1.29 is 9.59 Å². The van der Waals surface area contributed by atoms with Gasteiger partial charge in [-0.2, -0.15) is 0 Å². The van der Waals surface area contributed by atoms with Crippen LogP contribution < -0.4 is 5.32 Å². The van der Waals surface area contributed by atoms with Gasteiger partial charge >= 0.3 is 0 Å². The first kappa shape index (κ1) is 13.8. The van der Waals surface area contributed by atoms with Gasteiger partial charge in [0.15, 0.2) is 0 Å². The van der Waals surface area contributed by atoms with Gasteiger partial charge < -0.3 is 9.88 Å². The molecule has 1 fully saturated rings. The molecule has 2 amide bonds. The maximum Gasteiger partial charge on any atom is 0.246 e. The van der Waals surface area contributed by atoms with Gasteiger partial charge in [-0.15, -0.1) is 0 Å². The van der Waals surface area contributed by atoms with E-state index in [1.165, 1.54) is 21.9 Å². The van der Waals surface area contributed by atoms with Crippen LogP contribution in [0.5, 0.6) is 0 Å². The Morgan fingerprint density at radius 3 is 2.58 bits per heavy atom. The lowest BCUT2D eigenvalue weighted by molar-refractivity contribution is -0.148. The standard InChI is InChI=1S/C14H21N3O2/c1-9-7-11(10(2)16(9)3)8-15-12-5-6-13(18)17(4)14(12)19/h7,12,15H,5-6,8H2,1-4H3. The number of piperidine rings is 1. The second-order valence-electron chi connectivity index (χ2n) is 5.22. The van der Waals surface area contributed by atoms with Gasteiger partial charge in [0, 0.05) is 38.4 Å². The summed E-state index contributed by atoms with van der Waals surface area (Å²) in [7, 11) is 3.59. The molecule has 0 aliphatic carbocycles. The van der Waals surface area contributed by atoms with Crippen molar-refractivity contribution in [3.8, 4) is 0 Å². The van der Waals surface area contributed by atoms with Crippen LogP contribution in [0.3, 0.4) is 0 Å². The summed E-state index contributed by atoms with van der Waals surface area (Å²) >= 11 is 0. The van der Waals surface area contributed by atoms with E-state index in [1.807, 2.05) is 7.05 Å². The second kappa shape index (κ2) is 5.17. The number of amides is 2. The van der Waals surface area contributed by atoms with Crippen molar-refractivity contribution in [3.05, 3.63) is 23.0 Å². The molecular weight excluding hydrogens is 242 g/mol. The molecule has 1 aliphatic rings. The highest BCUT2D eigenvalue weighted by atomic mass is 16.2. The molecule has 1 N–H and O–H groups in total. The van der Waals surface area contributed by atoms with Crippen molar-refractivity contribution in [2.45, 2.75) is 39.3 Å². The van der Waals surface area contributed by atoms with Gasteiger partial charge in [0.05, 0.1) is 6.04 Å². The summed E-state index contributed by atoms with van der Waals surface area (Å²) in [5.41, 5.74) is 3.61. The van der Waals surface area contributed by atoms with Crippen molar-refractivity contribution in [2.24, 2.45) is 7.05 Å². The van der Waals surface area contributed by atoms with E-state index in [9.17, 15) is 9.59 Å². The molecule has 19 heavy (non-hydrogen) atoms. The lowest BCUT2D eigenvalue weighted by Crippen LogP contribution is -2.51. The highest BCUT2D eigenvalue weighted by molar-refractivity contribution is 6.00. The highest BCUT2D eigenvalue weighted by Crippen LogP contribution is 2.15. The molecule has 1 saturated heterocycles. The first-order valence-corrected chi connectivity index (χ1v) is 6.57. The van der Waals surface area contributed by atoms with E-state index in [-0.39, 0.29) is 17.9 Å². The molecule has 1 unspecified atom stereocenters. The first-order valence-electron chi connectivity index (χ1n) is 6.57. The number of aryl methyl sites for hydroxylation is 1. The van der Waals surface area contributed by atoms with Gasteiger partial charge in [0.2, 0.25) is 11.8 Å². The van der Waals surface area contributed by atoms with Crippen LogP contribution in [0.2, 0.25) is 0 Å². The van der Waals surface area contributed by atoms with Gasteiger partial charge in [0.25, 0.3) is 0 Å². The molecule has 0 bridgehead atoms. The Morgan fingerprint density at radius 2 is 2.00 bits per heavy atom. The van der Waals surface area contributed by atoms with Crippen LogP contribution in [0.25, 0.3) is 0 Å². The maximum atomic E-state index is 12.0. The van der Waals surface area contributed by atoms with Gasteiger partial charge in [-0.05, 0) is 31.9 Å². The molecule has 1 aromatic heterocycles. The fourth-order valence-electron chi connectivity index (χ4n) is 2.45. The van der Waals surface area contributed by atoms with E-state index in [0.717, 1.165) is 0 Å². The van der Waals surface area contributed by atoms with Crippen LogP contribution in [0.4, 0.5) is 0 Å². The summed E-state index contributed by atoms with van der Waals surface area (Å²) in [5, 5.41) is 3.26. The number of rotatable bonds is 3. The molecule has 2 heterocycles. The number of imide groups is 1. The third-order valence-corrected chi connectivity index (χ3v) is 4.07. The maximum absolute atomic E-state index is 12.0. The number of carbonyl (C=O) groups excluding carboxylic acids is 2. The second-order valence-corrected chi connectivity index (χ2v) is 5.22. The number of likely N-dealkylation sites (N-methyl/N-ethyl adjacent to an activating group) is 1. The fourth-order valence-corrected chi connectivity index (χ4v) is 2.45. The molecule has 2 rings (SSSR count). The van der Waals surface area contributed by atoms with Gasteiger partial charge in [-0.1, -0.05) is 0 Å². The predicted molar refractivity (Wildman–Crippen MR) is 72.5 cm³/mol. The average Bonchev–Trinajstić information content (AvgIpc) is 2.63. The molecule has 0 spiro atoms. The third-order valence-electron chi connectivity index (χ3n) is 4.07. The van der Waals surface area contributed by atoms with E-state index in [0.29, 0.717) is 19.4 Å². The minimum atomic E-state index is -0.248. The quantitative estimate of drug-likeness (QED) is 0.824. The first-order chi connectivity index (χ1) is 8.91. The van der Waals surface area contributed by atoms with E-state index in [2.05, 4.69) is 29.8 Å². The topological polar surface area (TPSA) is 54.3 Å². The van der Waals surface area contributed by atoms with Crippen molar-refractivity contribution in [2.75, 3.05) is 7.05 Å². The Kier molecular flexibility index (Phi) is 3.75. The summed E-state index contributed by atoms with van der Waals surface area (Å²) in [4.78, 5) is 24.6. The number of carbonyl (C=O) groups is 2. The van der Waals surface area contributed by atoms with Gasteiger partial charge in [-0.25, -0.2) is 0 Å². The summed E-state index contributed by atoms with van der Waals surface area (Å²) in [6.07, 6.45) is 1.03. The molecule has 1 aliphatic heterocycles. The van der Waals surface area contributed by atoms with Crippen molar-refractivity contribution in [1.29, 1.82) is 0 Å². The molecule has 5 heteroatoms. The summed E-state index contributed by atoms with van der Waals surface area (Å²) in [6, 6.07) is 1.88. The Bertz CT molecular complexity index is 519. The van der Waals surface area contributed by atoms with E-state index < -0.39 is 0 Å². The van der Waals surface area contributed by atoms with Crippen LogP contribution >= 0.6 is 0 Å². The molecule has 0 saturated carbocycles. The molecule has 0 radical (unpaired) electrons. The molecule has 1 aromatic rings. The third kappa shape index (κ3) is 2.56. The minimum Gasteiger partial charge on any atom is -0.352 e. The number of hydrogen-bond donors (Lipinski definition) is 1. The van der Waals surface area contributed by atoms with E-state index in [4.69, 9.17) is 0 Å². The Labute approximate surface area is 113 Å². The lowest BCUT2D eigenvalue weighted by Gasteiger charge is -2.28. The lowest BCUT2D eigenvalue weighted by atomic mass is 10.0. The monoisotopic (exact) mass is 263 g/mol. The van der Waals surface area contributed by atoms with Crippen LogP contribution in [0.1, 0.15) is 29.8 Å². The smallest absolute Gasteiger partial charge is 0.246 e. The Balaban J connectivity index is 2.01. The van der Waals surface area contributed by atoms with Crippen molar-refractivity contribution >= 4 is 11.8 Å². The molecule has 1 atom stereocenters. The number of nitrogens with one attached hydrogen (secondary N) is 1. The SMILES string of the molecule is Cc1cc(CNC2CCC(=O)N(C)C2=O)c(C)n1C. The summed E-state index contributed by atoms with van der Waals surface area (Å²) in [6.45, 7) is 4.79. The van der Waals surface area contributed by atoms with Crippen LogP contribution in [-0.2, 0) is 23.2 Å². The molecule has 104 valence electrons. The molecule has 5 nitrogen and oxygen atoms in total. The predicted octanol–water partition coefficient (Wildman–Crippen LogP) is 0.879. The van der Waals surface area contributed by atoms with E-state index in [1.54, 1.807) is 7.05 Å². The number of hydrogen-bond acceptors (Lipinski definition) is 3. The zero-order valence-electron chi connectivity index (χ0n) is 12.0.